The summed E-state index contributed by atoms with van der Waals surface area (Å²) in [5.74, 6) is -11.0. The molecule has 0 aliphatic rings. The Morgan fingerprint density at radius 3 is 1.94 bits per heavy atom. The van der Waals surface area contributed by atoms with E-state index in [2.05, 4.69) is 0 Å². The van der Waals surface area contributed by atoms with Crippen molar-refractivity contribution in [3.63, 3.8) is 0 Å². The van der Waals surface area contributed by atoms with Gasteiger partial charge in [-0.1, -0.05) is 36.4 Å². The molecule has 0 amide bonds. The first kappa shape index (κ1) is 25.3. The Kier molecular flexibility index (Phi) is 8.90. The second-order valence-corrected chi connectivity index (χ2v) is 6.57. The number of likely N-dealkylation sites (N-methyl/N-ethyl adjacent to an activating group) is 1. The maximum atomic E-state index is 14.2. The number of hydrogen-bond acceptors (Lipinski definition) is 4. The van der Waals surface area contributed by atoms with Gasteiger partial charge in [0.1, 0.15) is 17.7 Å². The van der Waals surface area contributed by atoms with Crippen molar-refractivity contribution >= 4 is 17.3 Å². The second-order valence-electron chi connectivity index (χ2n) is 6.57. The number of halogens is 5. The highest BCUT2D eigenvalue weighted by atomic mass is 19.2. The first-order chi connectivity index (χ1) is 15.8. The van der Waals surface area contributed by atoms with Gasteiger partial charge in [0.05, 0.1) is 12.2 Å². The molecular weight excluding hydrogens is 441 g/mol. The fourth-order valence-corrected chi connectivity index (χ4v) is 2.98. The zero-order valence-corrected chi connectivity index (χ0v) is 17.4. The second kappa shape index (κ2) is 11.6. The molecule has 0 radical (unpaired) electrons. The first-order valence-corrected chi connectivity index (χ1v) is 9.67. The molecule has 0 heterocycles. The molecule has 0 bridgehead atoms. The Balaban J connectivity index is 2.39. The van der Waals surface area contributed by atoms with E-state index in [-0.39, 0.29) is 6.61 Å². The molecule has 0 aromatic heterocycles. The van der Waals surface area contributed by atoms with Crippen LogP contribution >= 0.6 is 0 Å². The molecule has 0 fully saturated rings. The van der Waals surface area contributed by atoms with E-state index in [1.165, 1.54) is 24.3 Å². The van der Waals surface area contributed by atoms with Gasteiger partial charge in [-0.2, -0.15) is 10.5 Å². The maximum absolute atomic E-state index is 14.2. The van der Waals surface area contributed by atoms with E-state index in [0.29, 0.717) is 13.1 Å². The smallest absolute Gasteiger partial charge is 0.200 e. The summed E-state index contributed by atoms with van der Waals surface area (Å²) in [5, 5.41) is 27.3. The SMILES string of the molecule is CCN(CCO)c1ccc(/C=C/C=C/C(=C(C#N)C#N)c2c(F)c(F)c(F)c(F)c2F)cc1. The number of aliphatic hydroxyl groups is 1. The third kappa shape index (κ3) is 5.65. The van der Waals surface area contributed by atoms with Crippen LogP contribution in [0.25, 0.3) is 11.6 Å². The minimum Gasteiger partial charge on any atom is -0.395 e. The number of rotatable bonds is 8. The third-order valence-electron chi connectivity index (χ3n) is 4.64. The minimum absolute atomic E-state index is 0.00651. The van der Waals surface area contributed by atoms with Crippen LogP contribution in [-0.2, 0) is 0 Å². The molecule has 0 spiro atoms. The number of aliphatic hydroxyl groups excluding tert-OH is 1. The average Bonchev–Trinajstić information content (AvgIpc) is 2.83. The highest BCUT2D eigenvalue weighted by Gasteiger charge is 2.28. The van der Waals surface area contributed by atoms with Crippen LogP contribution in [0.5, 0.6) is 0 Å². The Hall–Kier alpha value is -3.95. The molecule has 2 aromatic carbocycles. The summed E-state index contributed by atoms with van der Waals surface area (Å²) in [6.45, 7) is 3.12. The summed E-state index contributed by atoms with van der Waals surface area (Å²) in [6.07, 6.45) is 5.14. The molecule has 2 aromatic rings. The average molecular weight is 459 g/mol. The van der Waals surface area contributed by atoms with Gasteiger partial charge >= 0.3 is 0 Å². The highest BCUT2D eigenvalue weighted by Crippen LogP contribution is 2.31. The van der Waals surface area contributed by atoms with Crippen LogP contribution < -0.4 is 4.90 Å². The van der Waals surface area contributed by atoms with Crippen molar-refractivity contribution in [2.75, 3.05) is 24.6 Å². The van der Waals surface area contributed by atoms with Crippen LogP contribution in [0.1, 0.15) is 18.1 Å². The Morgan fingerprint density at radius 2 is 1.45 bits per heavy atom. The van der Waals surface area contributed by atoms with E-state index in [4.69, 9.17) is 15.6 Å². The van der Waals surface area contributed by atoms with Crippen molar-refractivity contribution < 1.29 is 27.1 Å². The van der Waals surface area contributed by atoms with Gasteiger partial charge in [0, 0.05) is 24.4 Å². The zero-order valence-electron chi connectivity index (χ0n) is 17.4. The summed E-state index contributed by atoms with van der Waals surface area (Å²) in [7, 11) is 0. The van der Waals surface area contributed by atoms with Gasteiger partial charge in [-0.3, -0.25) is 0 Å². The monoisotopic (exact) mass is 459 g/mol. The molecule has 33 heavy (non-hydrogen) atoms. The minimum atomic E-state index is -2.34. The van der Waals surface area contributed by atoms with E-state index >= 15 is 0 Å². The van der Waals surface area contributed by atoms with E-state index in [9.17, 15) is 22.0 Å². The lowest BCUT2D eigenvalue weighted by atomic mass is 9.98. The number of nitriles is 2. The standard InChI is InChI=1S/C24H18F5N3O/c1-2-32(11-12-33)17-9-7-15(8-10-17)5-3-4-6-18(16(13-30)14-31)19-20(25)22(27)24(29)23(28)21(19)26/h3-10,33H,2,11-12H2,1H3/b5-3+,6-4+. The number of allylic oxidation sites excluding steroid dienone is 5. The number of benzene rings is 2. The summed E-state index contributed by atoms with van der Waals surface area (Å²) in [5.41, 5.74) is -1.30. The van der Waals surface area contributed by atoms with Crippen LogP contribution in [0, 0.1) is 51.7 Å². The Labute approximate surface area is 187 Å². The van der Waals surface area contributed by atoms with Gasteiger partial charge in [-0.05, 0) is 24.6 Å². The van der Waals surface area contributed by atoms with Gasteiger partial charge in [0.25, 0.3) is 0 Å². The fourth-order valence-electron chi connectivity index (χ4n) is 2.98. The lowest BCUT2D eigenvalue weighted by molar-refractivity contribution is 0.302. The Bertz CT molecular complexity index is 1140. The quantitative estimate of drug-likeness (QED) is 0.192. The Morgan fingerprint density at radius 1 is 0.909 bits per heavy atom. The molecule has 0 saturated carbocycles. The van der Waals surface area contributed by atoms with E-state index in [0.717, 1.165) is 17.3 Å². The number of nitrogens with zero attached hydrogens (tertiary/aromatic N) is 3. The highest BCUT2D eigenvalue weighted by molar-refractivity contribution is 5.83. The molecule has 2 rings (SSSR count). The van der Waals surface area contributed by atoms with Crippen LogP contribution in [0.4, 0.5) is 27.6 Å². The van der Waals surface area contributed by atoms with Crippen LogP contribution in [0.2, 0.25) is 0 Å². The molecule has 9 heteroatoms. The van der Waals surface area contributed by atoms with Crippen LogP contribution in [0.3, 0.4) is 0 Å². The van der Waals surface area contributed by atoms with Crippen molar-refractivity contribution in [3.05, 3.63) is 88.3 Å². The summed E-state index contributed by atoms with van der Waals surface area (Å²) < 4.78 is 69.0. The van der Waals surface area contributed by atoms with Gasteiger partial charge in [0.15, 0.2) is 23.3 Å². The fraction of sp³-hybridized carbons (Fsp3) is 0.167. The summed E-state index contributed by atoms with van der Waals surface area (Å²) in [6, 6.07) is 10.00. The molecule has 4 nitrogen and oxygen atoms in total. The summed E-state index contributed by atoms with van der Waals surface area (Å²) in [4.78, 5) is 1.96. The van der Waals surface area contributed by atoms with Gasteiger partial charge < -0.3 is 10.0 Å². The molecule has 1 N–H and O–H groups in total. The normalized spacial score (nSPS) is 10.9. The predicted octanol–water partition coefficient (Wildman–Crippen LogP) is 5.27. The van der Waals surface area contributed by atoms with Crippen molar-refractivity contribution in [2.24, 2.45) is 0 Å². The largest absolute Gasteiger partial charge is 0.395 e. The maximum Gasteiger partial charge on any atom is 0.200 e. The van der Waals surface area contributed by atoms with Crippen LogP contribution in [-0.4, -0.2) is 24.8 Å². The molecule has 170 valence electrons. The van der Waals surface area contributed by atoms with Gasteiger partial charge in [-0.15, -0.1) is 0 Å². The number of hydrogen-bond donors (Lipinski definition) is 1. The van der Waals surface area contributed by atoms with Gasteiger partial charge in [-0.25, -0.2) is 22.0 Å². The van der Waals surface area contributed by atoms with Crippen LogP contribution in [0.15, 0.2) is 48.1 Å². The van der Waals surface area contributed by atoms with Crippen molar-refractivity contribution in [3.8, 4) is 12.1 Å². The molecule has 0 aliphatic heterocycles. The predicted molar refractivity (Wildman–Crippen MR) is 114 cm³/mol. The van der Waals surface area contributed by atoms with E-state index in [1.54, 1.807) is 18.2 Å². The van der Waals surface area contributed by atoms with Crippen molar-refractivity contribution in [2.45, 2.75) is 6.92 Å². The lowest BCUT2D eigenvalue weighted by Crippen LogP contribution is -2.25. The van der Waals surface area contributed by atoms with E-state index in [1.807, 2.05) is 24.0 Å². The van der Waals surface area contributed by atoms with Gasteiger partial charge in [0.2, 0.25) is 5.82 Å². The third-order valence-corrected chi connectivity index (χ3v) is 4.64. The molecular formula is C24H18F5N3O. The molecule has 0 atom stereocenters. The molecule has 0 aliphatic carbocycles. The van der Waals surface area contributed by atoms with Crippen molar-refractivity contribution in [1.29, 1.82) is 10.5 Å². The molecule has 0 unspecified atom stereocenters. The topological polar surface area (TPSA) is 71.0 Å². The first-order valence-electron chi connectivity index (χ1n) is 9.67. The number of anilines is 1. The van der Waals surface area contributed by atoms with Crippen molar-refractivity contribution in [1.82, 2.24) is 0 Å². The summed E-state index contributed by atoms with van der Waals surface area (Å²) >= 11 is 0. The molecule has 0 saturated heterocycles. The van der Waals surface area contributed by atoms with E-state index < -0.39 is 45.8 Å². The lowest BCUT2D eigenvalue weighted by Gasteiger charge is -2.21. The zero-order chi connectivity index (χ0) is 24.5.